The molecule has 0 saturated heterocycles. The maximum absolute atomic E-state index is 12.8. The number of aryl methyl sites for hydroxylation is 2. The SMILES string of the molecule is Cc1ccc(C)c(C(CN)Cc2cccc(C(F)(F)F)c2)c1. The van der Waals surface area contributed by atoms with Crippen LogP contribution in [0.3, 0.4) is 0 Å². The summed E-state index contributed by atoms with van der Waals surface area (Å²) in [5.74, 6) is 0.0170. The molecular weight excluding hydrogens is 287 g/mol. The first-order chi connectivity index (χ1) is 10.3. The number of nitrogens with two attached hydrogens (primary N) is 1. The first kappa shape index (κ1) is 16.6. The molecule has 1 unspecified atom stereocenters. The van der Waals surface area contributed by atoms with Crippen LogP contribution in [0.4, 0.5) is 13.2 Å². The highest BCUT2D eigenvalue weighted by atomic mass is 19.4. The molecule has 1 nitrogen and oxygen atoms in total. The summed E-state index contributed by atoms with van der Waals surface area (Å²) >= 11 is 0. The highest BCUT2D eigenvalue weighted by Gasteiger charge is 2.30. The van der Waals surface area contributed by atoms with E-state index in [4.69, 9.17) is 5.73 Å². The van der Waals surface area contributed by atoms with E-state index < -0.39 is 11.7 Å². The van der Waals surface area contributed by atoms with Gasteiger partial charge in [0.1, 0.15) is 0 Å². The van der Waals surface area contributed by atoms with E-state index in [0.717, 1.165) is 22.8 Å². The standard InChI is InChI=1S/C18H20F3N/c1-12-6-7-13(2)17(8-12)15(11-22)9-14-4-3-5-16(10-14)18(19,20)21/h3-8,10,15H,9,11,22H2,1-2H3. The first-order valence-electron chi connectivity index (χ1n) is 7.24. The van der Waals surface area contributed by atoms with Gasteiger partial charge in [-0.05, 0) is 49.6 Å². The van der Waals surface area contributed by atoms with E-state index in [2.05, 4.69) is 6.07 Å². The van der Waals surface area contributed by atoms with Crippen molar-refractivity contribution in [2.45, 2.75) is 32.4 Å². The highest BCUT2D eigenvalue weighted by molar-refractivity contribution is 5.35. The Labute approximate surface area is 129 Å². The fraction of sp³-hybridized carbons (Fsp3) is 0.333. The molecule has 0 radical (unpaired) electrons. The number of benzene rings is 2. The van der Waals surface area contributed by atoms with Gasteiger partial charge in [-0.3, -0.25) is 0 Å². The third-order valence-electron chi connectivity index (χ3n) is 3.90. The molecule has 2 aromatic rings. The predicted octanol–water partition coefficient (Wildman–Crippen LogP) is 4.61. The third-order valence-corrected chi connectivity index (χ3v) is 3.90. The lowest BCUT2D eigenvalue weighted by Gasteiger charge is -2.19. The molecule has 118 valence electrons. The van der Waals surface area contributed by atoms with Gasteiger partial charge in [0, 0.05) is 5.92 Å². The van der Waals surface area contributed by atoms with E-state index in [1.165, 1.54) is 12.1 Å². The van der Waals surface area contributed by atoms with Crippen molar-refractivity contribution in [1.29, 1.82) is 0 Å². The molecule has 2 aromatic carbocycles. The van der Waals surface area contributed by atoms with Crippen molar-refractivity contribution >= 4 is 0 Å². The van der Waals surface area contributed by atoms with Gasteiger partial charge in [-0.1, -0.05) is 42.0 Å². The Morgan fingerprint density at radius 2 is 1.77 bits per heavy atom. The summed E-state index contributed by atoms with van der Waals surface area (Å²) in [6.07, 6.45) is -3.81. The van der Waals surface area contributed by atoms with Gasteiger partial charge in [0.15, 0.2) is 0 Å². The first-order valence-corrected chi connectivity index (χ1v) is 7.24. The molecule has 0 aromatic heterocycles. The van der Waals surface area contributed by atoms with Crippen LogP contribution in [0.1, 0.15) is 33.7 Å². The van der Waals surface area contributed by atoms with E-state index in [9.17, 15) is 13.2 Å². The van der Waals surface area contributed by atoms with Crippen molar-refractivity contribution in [3.05, 3.63) is 70.3 Å². The Kier molecular flexibility index (Phi) is 4.91. The second kappa shape index (κ2) is 6.53. The molecule has 0 aliphatic rings. The monoisotopic (exact) mass is 307 g/mol. The van der Waals surface area contributed by atoms with Crippen molar-refractivity contribution in [2.24, 2.45) is 5.73 Å². The van der Waals surface area contributed by atoms with Crippen LogP contribution in [0.5, 0.6) is 0 Å². The number of rotatable bonds is 4. The summed E-state index contributed by atoms with van der Waals surface area (Å²) < 4.78 is 38.4. The fourth-order valence-corrected chi connectivity index (χ4v) is 2.68. The molecule has 0 heterocycles. The quantitative estimate of drug-likeness (QED) is 0.877. The van der Waals surface area contributed by atoms with Crippen LogP contribution >= 0.6 is 0 Å². The highest BCUT2D eigenvalue weighted by Crippen LogP contribution is 2.31. The molecule has 0 bridgehead atoms. The smallest absolute Gasteiger partial charge is 0.330 e. The molecule has 22 heavy (non-hydrogen) atoms. The molecule has 0 amide bonds. The van der Waals surface area contributed by atoms with Gasteiger partial charge in [-0.25, -0.2) is 0 Å². The van der Waals surface area contributed by atoms with Crippen LogP contribution in [0.25, 0.3) is 0 Å². The van der Waals surface area contributed by atoms with E-state index in [1.54, 1.807) is 6.07 Å². The predicted molar refractivity (Wildman–Crippen MR) is 82.9 cm³/mol. The average Bonchev–Trinajstić information content (AvgIpc) is 2.47. The van der Waals surface area contributed by atoms with Crippen LogP contribution < -0.4 is 5.73 Å². The lowest BCUT2D eigenvalue weighted by Crippen LogP contribution is -2.16. The average molecular weight is 307 g/mol. The van der Waals surface area contributed by atoms with Crippen LogP contribution in [-0.4, -0.2) is 6.54 Å². The van der Waals surface area contributed by atoms with Crippen molar-refractivity contribution in [3.8, 4) is 0 Å². The lowest BCUT2D eigenvalue weighted by atomic mass is 9.88. The Bertz CT molecular complexity index is 647. The second-order valence-electron chi connectivity index (χ2n) is 5.69. The number of halogens is 3. The summed E-state index contributed by atoms with van der Waals surface area (Å²) in [7, 11) is 0. The second-order valence-corrected chi connectivity index (χ2v) is 5.69. The summed E-state index contributed by atoms with van der Waals surface area (Å²) in [6.45, 7) is 4.41. The van der Waals surface area contributed by atoms with Gasteiger partial charge in [-0.15, -0.1) is 0 Å². The molecular formula is C18H20F3N. The number of hydrogen-bond donors (Lipinski definition) is 1. The molecule has 2 N–H and O–H groups in total. The maximum Gasteiger partial charge on any atom is 0.416 e. The summed E-state index contributed by atoms with van der Waals surface area (Å²) in [5, 5.41) is 0. The van der Waals surface area contributed by atoms with Gasteiger partial charge in [0.05, 0.1) is 5.56 Å². The van der Waals surface area contributed by atoms with E-state index >= 15 is 0 Å². The minimum Gasteiger partial charge on any atom is -0.330 e. The molecule has 0 fully saturated rings. The number of hydrogen-bond acceptors (Lipinski definition) is 1. The van der Waals surface area contributed by atoms with Crippen LogP contribution in [0.2, 0.25) is 0 Å². The Balaban J connectivity index is 2.29. The summed E-state index contributed by atoms with van der Waals surface area (Å²) in [6, 6.07) is 11.6. The minimum atomic E-state index is -4.31. The fourth-order valence-electron chi connectivity index (χ4n) is 2.68. The molecule has 0 aliphatic heterocycles. The third kappa shape index (κ3) is 3.89. The zero-order valence-electron chi connectivity index (χ0n) is 12.7. The van der Waals surface area contributed by atoms with Gasteiger partial charge in [-0.2, -0.15) is 13.2 Å². The van der Waals surface area contributed by atoms with Gasteiger partial charge in [0.25, 0.3) is 0 Å². The summed E-state index contributed by atoms with van der Waals surface area (Å²) in [5.41, 5.74) is 9.28. The van der Waals surface area contributed by atoms with Gasteiger partial charge < -0.3 is 5.73 Å². The molecule has 1 atom stereocenters. The van der Waals surface area contributed by atoms with E-state index in [1.807, 2.05) is 26.0 Å². The zero-order chi connectivity index (χ0) is 16.3. The largest absolute Gasteiger partial charge is 0.416 e. The zero-order valence-corrected chi connectivity index (χ0v) is 12.7. The Hall–Kier alpha value is -1.81. The van der Waals surface area contributed by atoms with Crippen molar-refractivity contribution in [1.82, 2.24) is 0 Å². The lowest BCUT2D eigenvalue weighted by molar-refractivity contribution is -0.137. The van der Waals surface area contributed by atoms with Gasteiger partial charge >= 0.3 is 6.18 Å². The van der Waals surface area contributed by atoms with Crippen LogP contribution in [0, 0.1) is 13.8 Å². The molecule has 2 rings (SSSR count). The molecule has 4 heteroatoms. The van der Waals surface area contributed by atoms with Gasteiger partial charge in [0.2, 0.25) is 0 Å². The molecule has 0 aliphatic carbocycles. The van der Waals surface area contributed by atoms with E-state index in [0.29, 0.717) is 18.5 Å². The minimum absolute atomic E-state index is 0.0170. The molecule has 0 spiro atoms. The topological polar surface area (TPSA) is 26.0 Å². The van der Waals surface area contributed by atoms with Crippen molar-refractivity contribution in [2.75, 3.05) is 6.54 Å². The molecule has 0 saturated carbocycles. The Morgan fingerprint density at radius 1 is 1.05 bits per heavy atom. The van der Waals surface area contributed by atoms with Crippen molar-refractivity contribution in [3.63, 3.8) is 0 Å². The van der Waals surface area contributed by atoms with Crippen LogP contribution in [0.15, 0.2) is 42.5 Å². The number of alkyl halides is 3. The van der Waals surface area contributed by atoms with Crippen LogP contribution in [-0.2, 0) is 12.6 Å². The normalized spacial score (nSPS) is 13.2. The van der Waals surface area contributed by atoms with Crippen molar-refractivity contribution < 1.29 is 13.2 Å². The maximum atomic E-state index is 12.8. The Morgan fingerprint density at radius 3 is 2.41 bits per heavy atom. The van der Waals surface area contributed by atoms with E-state index in [-0.39, 0.29) is 5.92 Å². The summed E-state index contributed by atoms with van der Waals surface area (Å²) in [4.78, 5) is 0.